The molecule has 2 aromatic heterocycles. The quantitative estimate of drug-likeness (QED) is 0.684. The fraction of sp³-hybridized carbons (Fsp3) is 0.316. The molecule has 1 saturated heterocycles. The lowest BCUT2D eigenvalue weighted by atomic mass is 9.76. The second-order valence-corrected chi connectivity index (χ2v) is 7.29. The molecule has 4 heterocycles. The summed E-state index contributed by atoms with van der Waals surface area (Å²) in [4.78, 5) is 4.30. The molecule has 2 N–H and O–H groups in total. The van der Waals surface area contributed by atoms with Gasteiger partial charge in [0.05, 0.1) is 11.8 Å². The van der Waals surface area contributed by atoms with Crippen molar-refractivity contribution in [2.45, 2.75) is 18.4 Å². The Hall–Kier alpha value is -3.67. The first-order valence-electron chi connectivity index (χ1n) is 9.63. The molecule has 1 atom stereocenters. The van der Waals surface area contributed by atoms with E-state index >= 15 is 0 Å². The molecule has 0 radical (unpaired) electrons. The summed E-state index contributed by atoms with van der Waals surface area (Å²) in [6, 6.07) is 5.49. The fourth-order valence-electron chi connectivity index (χ4n) is 3.98. The normalized spacial score (nSPS) is 21.1. The average molecular weight is 425 g/mol. The van der Waals surface area contributed by atoms with Crippen LogP contribution in [0.15, 0.2) is 45.9 Å². The van der Waals surface area contributed by atoms with Crippen molar-refractivity contribution in [1.29, 1.82) is 0 Å². The van der Waals surface area contributed by atoms with E-state index in [-0.39, 0.29) is 23.2 Å². The van der Waals surface area contributed by atoms with E-state index in [1.807, 2.05) is 0 Å². The maximum atomic E-state index is 14.4. The summed E-state index contributed by atoms with van der Waals surface area (Å²) in [5.41, 5.74) is 6.21. The predicted molar refractivity (Wildman–Crippen MR) is 105 cm³/mol. The third kappa shape index (κ3) is 3.15. The largest absolute Gasteiger partial charge is 0.383 e. The van der Waals surface area contributed by atoms with Crippen LogP contribution in [0.3, 0.4) is 0 Å². The van der Waals surface area contributed by atoms with E-state index in [1.165, 1.54) is 12.1 Å². The van der Waals surface area contributed by atoms with Gasteiger partial charge in [-0.3, -0.25) is 0 Å². The van der Waals surface area contributed by atoms with Gasteiger partial charge >= 0.3 is 0 Å². The van der Waals surface area contributed by atoms with E-state index < -0.39 is 17.2 Å². The summed E-state index contributed by atoms with van der Waals surface area (Å²) in [7, 11) is 0. The summed E-state index contributed by atoms with van der Waals surface area (Å²) < 4.78 is 34.7. The van der Waals surface area contributed by atoms with Crippen LogP contribution in [0.2, 0.25) is 0 Å². The molecule has 0 spiro atoms. The molecule has 0 saturated carbocycles. The number of hydrogen-bond donors (Lipinski definition) is 1. The van der Waals surface area contributed by atoms with Crippen LogP contribution >= 0.6 is 0 Å². The minimum Gasteiger partial charge on any atom is -0.383 e. The third-order valence-electron chi connectivity index (χ3n) is 5.61. The number of nitrogens with two attached hydrogens (primary N) is 1. The molecule has 1 aromatic carbocycles. The van der Waals surface area contributed by atoms with Gasteiger partial charge in [0, 0.05) is 25.0 Å². The standard InChI is InChI=1S/C19H17F2N9O/c20-14-2-1-3-15(16(14)21)30-18(25-28-29-30)13-8-12(9-23-17(13)22)19(10-24-27-26-19)11-4-6-31-7-5-11/h1-3,8-11H,4-7H2,(H2,22,23). The van der Waals surface area contributed by atoms with Gasteiger partial charge in [0.1, 0.15) is 17.0 Å². The van der Waals surface area contributed by atoms with Crippen molar-refractivity contribution in [3.05, 3.63) is 47.7 Å². The molecule has 2 aliphatic rings. The number of pyridine rings is 1. The Morgan fingerprint density at radius 1 is 1.19 bits per heavy atom. The van der Waals surface area contributed by atoms with Crippen molar-refractivity contribution in [2.75, 3.05) is 18.9 Å². The lowest BCUT2D eigenvalue weighted by Crippen LogP contribution is -2.37. The lowest BCUT2D eigenvalue weighted by Gasteiger charge is -2.34. The molecule has 0 aliphatic carbocycles. The van der Waals surface area contributed by atoms with Crippen LogP contribution in [0.25, 0.3) is 17.1 Å². The molecule has 3 aromatic rings. The maximum absolute atomic E-state index is 14.4. The van der Waals surface area contributed by atoms with Gasteiger partial charge in [0.25, 0.3) is 0 Å². The molecule has 1 fully saturated rings. The number of aromatic nitrogens is 5. The van der Waals surface area contributed by atoms with Gasteiger partial charge in [-0.1, -0.05) is 6.07 Å². The van der Waals surface area contributed by atoms with Crippen molar-refractivity contribution >= 4 is 12.0 Å². The fourth-order valence-corrected chi connectivity index (χ4v) is 3.98. The van der Waals surface area contributed by atoms with Crippen LogP contribution < -0.4 is 5.73 Å². The van der Waals surface area contributed by atoms with Crippen LogP contribution in [-0.4, -0.2) is 44.6 Å². The van der Waals surface area contributed by atoms with E-state index in [0.717, 1.165) is 23.6 Å². The first kappa shape index (κ1) is 19.3. The molecule has 12 heteroatoms. The number of nitrogen functional groups attached to an aromatic ring is 1. The number of benzene rings is 1. The number of tetrazole rings is 1. The number of nitrogens with zero attached hydrogens (tertiary/aromatic N) is 8. The van der Waals surface area contributed by atoms with Gasteiger partial charge in [-0.2, -0.15) is 9.80 Å². The molecular formula is C19H17F2N9O. The van der Waals surface area contributed by atoms with Crippen molar-refractivity contribution in [3.63, 3.8) is 0 Å². The maximum Gasteiger partial charge on any atom is 0.190 e. The molecule has 0 bridgehead atoms. The Morgan fingerprint density at radius 2 is 2.03 bits per heavy atom. The zero-order chi connectivity index (χ0) is 21.4. The van der Waals surface area contributed by atoms with E-state index in [1.54, 1.807) is 18.5 Å². The SMILES string of the molecule is Nc1ncc(C2(C3CCOCC3)C=NN=N2)cc1-c1nnnn1-c1cccc(F)c1F. The van der Waals surface area contributed by atoms with Gasteiger partial charge in [0.15, 0.2) is 17.5 Å². The first-order valence-corrected chi connectivity index (χ1v) is 9.63. The van der Waals surface area contributed by atoms with Crippen molar-refractivity contribution in [2.24, 2.45) is 21.4 Å². The number of halogens is 2. The molecule has 0 amide bonds. The number of anilines is 1. The summed E-state index contributed by atoms with van der Waals surface area (Å²) in [5, 5.41) is 23.7. The Labute approximate surface area is 174 Å². The predicted octanol–water partition coefficient (Wildman–Crippen LogP) is 2.66. The molecular weight excluding hydrogens is 408 g/mol. The minimum atomic E-state index is -1.07. The highest BCUT2D eigenvalue weighted by Gasteiger charge is 2.43. The first-order chi connectivity index (χ1) is 15.1. The highest BCUT2D eigenvalue weighted by atomic mass is 19.2. The number of ether oxygens (including phenoxy) is 1. The van der Waals surface area contributed by atoms with Crippen LogP contribution in [-0.2, 0) is 10.3 Å². The van der Waals surface area contributed by atoms with Crippen LogP contribution in [0.5, 0.6) is 0 Å². The van der Waals surface area contributed by atoms with Crippen LogP contribution in [0.4, 0.5) is 14.6 Å². The van der Waals surface area contributed by atoms with E-state index in [9.17, 15) is 8.78 Å². The smallest absolute Gasteiger partial charge is 0.190 e. The van der Waals surface area contributed by atoms with Crippen LogP contribution in [0.1, 0.15) is 18.4 Å². The van der Waals surface area contributed by atoms with Crippen molar-refractivity contribution in [1.82, 2.24) is 25.2 Å². The lowest BCUT2D eigenvalue weighted by molar-refractivity contribution is 0.0508. The van der Waals surface area contributed by atoms with E-state index in [2.05, 4.69) is 35.9 Å². The summed E-state index contributed by atoms with van der Waals surface area (Å²) in [6.45, 7) is 1.23. The van der Waals surface area contributed by atoms with Crippen molar-refractivity contribution in [3.8, 4) is 17.1 Å². The monoisotopic (exact) mass is 425 g/mol. The summed E-state index contributed by atoms with van der Waals surface area (Å²) >= 11 is 0. The second-order valence-electron chi connectivity index (χ2n) is 7.29. The Morgan fingerprint density at radius 3 is 2.81 bits per heavy atom. The summed E-state index contributed by atoms with van der Waals surface area (Å²) in [5.74, 6) is -1.74. The van der Waals surface area contributed by atoms with Crippen molar-refractivity contribution < 1.29 is 13.5 Å². The number of hydrogen-bond acceptors (Lipinski definition) is 9. The molecule has 10 nitrogen and oxygen atoms in total. The second kappa shape index (κ2) is 7.54. The Bertz CT molecular complexity index is 1170. The minimum absolute atomic E-state index is 0.103. The molecule has 158 valence electrons. The molecule has 2 aliphatic heterocycles. The Kier molecular flexibility index (Phi) is 4.70. The molecule has 31 heavy (non-hydrogen) atoms. The number of rotatable bonds is 4. The molecule has 1 unspecified atom stereocenters. The average Bonchev–Trinajstić information content (AvgIpc) is 3.47. The highest BCUT2D eigenvalue weighted by molar-refractivity contribution is 5.78. The topological polar surface area (TPSA) is 129 Å². The van der Waals surface area contributed by atoms with E-state index in [4.69, 9.17) is 10.5 Å². The third-order valence-corrected chi connectivity index (χ3v) is 5.61. The Balaban J connectivity index is 1.63. The highest BCUT2D eigenvalue weighted by Crippen LogP contribution is 2.42. The zero-order valence-electron chi connectivity index (χ0n) is 16.2. The molecule has 5 rings (SSSR count). The zero-order valence-corrected chi connectivity index (χ0v) is 16.2. The van der Waals surface area contributed by atoms with Gasteiger partial charge in [0.2, 0.25) is 0 Å². The van der Waals surface area contributed by atoms with Crippen LogP contribution in [0, 0.1) is 17.6 Å². The van der Waals surface area contributed by atoms with Gasteiger partial charge < -0.3 is 10.5 Å². The van der Waals surface area contributed by atoms with Gasteiger partial charge in [-0.05, 0) is 52.6 Å². The van der Waals surface area contributed by atoms with E-state index in [0.29, 0.717) is 24.3 Å². The summed E-state index contributed by atoms with van der Waals surface area (Å²) in [6.07, 6.45) is 4.85. The van der Waals surface area contributed by atoms with Gasteiger partial charge in [-0.25, -0.2) is 13.8 Å². The van der Waals surface area contributed by atoms with Gasteiger partial charge in [-0.15, -0.1) is 10.2 Å².